The molecular formula is C7H9N3O. The molecule has 11 heavy (non-hydrogen) atoms. The Morgan fingerprint density at radius 1 is 1.91 bits per heavy atom. The molecule has 0 spiro atoms. The number of nitrogens with zero attached hydrogens (tertiary/aromatic N) is 1. The van der Waals surface area contributed by atoms with Gasteiger partial charge in [-0.25, -0.2) is 0 Å². The molecule has 3 N–H and O–H groups in total. The van der Waals surface area contributed by atoms with Crippen LogP contribution in [0.2, 0.25) is 0 Å². The van der Waals surface area contributed by atoms with E-state index < -0.39 is 6.04 Å². The molecule has 0 aromatic rings. The molecule has 0 saturated carbocycles. The zero-order valence-electron chi connectivity index (χ0n) is 6.00. The smallest absolute Gasteiger partial charge is 0.180 e. The number of nitrogens with one attached hydrogen (secondary N) is 1. The molecule has 0 aliphatic carbocycles. The quantitative estimate of drug-likeness (QED) is 0.546. The van der Waals surface area contributed by atoms with Gasteiger partial charge in [0.1, 0.15) is 0 Å². The molecule has 1 heterocycles. The second-order valence-electron chi connectivity index (χ2n) is 2.37. The van der Waals surface area contributed by atoms with Gasteiger partial charge in [-0.2, -0.15) is 5.26 Å². The minimum absolute atomic E-state index is 0.00671. The van der Waals surface area contributed by atoms with Crippen LogP contribution in [0.4, 0.5) is 0 Å². The van der Waals surface area contributed by atoms with E-state index in [0.29, 0.717) is 12.1 Å². The lowest BCUT2D eigenvalue weighted by molar-refractivity contribution is -0.114. The molecule has 0 aromatic carbocycles. The molecule has 0 amide bonds. The van der Waals surface area contributed by atoms with Gasteiger partial charge in [0.05, 0.1) is 19.0 Å². The fourth-order valence-corrected chi connectivity index (χ4v) is 0.958. The van der Waals surface area contributed by atoms with Crippen LogP contribution in [0.3, 0.4) is 0 Å². The van der Waals surface area contributed by atoms with Crippen molar-refractivity contribution >= 4 is 5.78 Å². The average molecular weight is 151 g/mol. The third-order valence-electron chi connectivity index (χ3n) is 1.55. The Hall–Kier alpha value is -1.34. The van der Waals surface area contributed by atoms with Crippen molar-refractivity contribution in [3.8, 4) is 6.07 Å². The van der Waals surface area contributed by atoms with Crippen molar-refractivity contribution < 1.29 is 4.79 Å². The van der Waals surface area contributed by atoms with Crippen molar-refractivity contribution in [1.82, 2.24) is 5.32 Å². The van der Waals surface area contributed by atoms with Crippen LogP contribution in [0.1, 0.15) is 6.42 Å². The van der Waals surface area contributed by atoms with E-state index in [1.807, 2.05) is 6.07 Å². The molecule has 1 atom stereocenters. The van der Waals surface area contributed by atoms with E-state index in [1.54, 1.807) is 6.20 Å². The molecule has 4 nitrogen and oxygen atoms in total. The van der Waals surface area contributed by atoms with Gasteiger partial charge in [0.15, 0.2) is 5.78 Å². The van der Waals surface area contributed by atoms with Crippen LogP contribution in [0.15, 0.2) is 11.8 Å². The van der Waals surface area contributed by atoms with Crippen LogP contribution >= 0.6 is 0 Å². The summed E-state index contributed by atoms with van der Waals surface area (Å²) in [6.45, 7) is 0.314. The summed E-state index contributed by atoms with van der Waals surface area (Å²) in [6.07, 6.45) is 1.78. The summed E-state index contributed by atoms with van der Waals surface area (Å²) in [6, 6.07) is 1.49. The summed E-state index contributed by atoms with van der Waals surface area (Å²) in [7, 11) is 0. The van der Waals surface area contributed by atoms with Crippen LogP contribution in [-0.2, 0) is 4.79 Å². The Kier molecular flexibility index (Phi) is 2.24. The van der Waals surface area contributed by atoms with Crippen molar-refractivity contribution in [2.24, 2.45) is 5.73 Å². The highest BCUT2D eigenvalue weighted by Gasteiger charge is 2.20. The Bertz CT molecular complexity index is 239. The molecule has 1 aliphatic heterocycles. The molecule has 1 aliphatic rings. The summed E-state index contributed by atoms with van der Waals surface area (Å²) in [5, 5.41) is 11.1. The third-order valence-corrected chi connectivity index (χ3v) is 1.55. The lowest BCUT2D eigenvalue weighted by Crippen LogP contribution is -2.25. The summed E-state index contributed by atoms with van der Waals surface area (Å²) in [4.78, 5) is 11.0. The first-order valence-corrected chi connectivity index (χ1v) is 3.35. The number of ketones is 1. The van der Waals surface area contributed by atoms with E-state index in [-0.39, 0.29) is 12.2 Å². The van der Waals surface area contributed by atoms with Crippen LogP contribution in [-0.4, -0.2) is 18.4 Å². The van der Waals surface area contributed by atoms with Crippen molar-refractivity contribution in [3.63, 3.8) is 0 Å². The highest BCUT2D eigenvalue weighted by molar-refractivity contribution is 6.00. The van der Waals surface area contributed by atoms with E-state index in [4.69, 9.17) is 11.0 Å². The van der Waals surface area contributed by atoms with E-state index in [9.17, 15) is 4.79 Å². The van der Waals surface area contributed by atoms with Gasteiger partial charge in [0, 0.05) is 17.8 Å². The van der Waals surface area contributed by atoms with Gasteiger partial charge in [-0.15, -0.1) is 0 Å². The van der Waals surface area contributed by atoms with Crippen molar-refractivity contribution in [2.75, 3.05) is 6.54 Å². The normalized spacial score (nSPS) is 18.5. The fraction of sp³-hybridized carbons (Fsp3) is 0.429. The Morgan fingerprint density at radius 2 is 2.64 bits per heavy atom. The largest absolute Gasteiger partial charge is 0.383 e. The van der Waals surface area contributed by atoms with E-state index in [0.717, 1.165) is 0 Å². The highest BCUT2D eigenvalue weighted by Crippen LogP contribution is 2.07. The van der Waals surface area contributed by atoms with E-state index in [1.165, 1.54) is 0 Å². The highest BCUT2D eigenvalue weighted by atomic mass is 16.1. The first kappa shape index (κ1) is 7.76. The third kappa shape index (κ3) is 1.57. The maximum Gasteiger partial charge on any atom is 0.180 e. The van der Waals surface area contributed by atoms with Gasteiger partial charge in [-0.3, -0.25) is 4.79 Å². The number of hydrogen-bond acceptors (Lipinski definition) is 4. The molecule has 1 rings (SSSR count). The van der Waals surface area contributed by atoms with Crippen LogP contribution in [0.25, 0.3) is 0 Å². The lowest BCUT2D eigenvalue weighted by Gasteiger charge is -2.04. The predicted molar refractivity (Wildman–Crippen MR) is 39.3 cm³/mol. The van der Waals surface area contributed by atoms with Gasteiger partial charge in [0.2, 0.25) is 0 Å². The lowest BCUT2D eigenvalue weighted by atomic mass is 10.0. The second-order valence-corrected chi connectivity index (χ2v) is 2.37. The van der Waals surface area contributed by atoms with Gasteiger partial charge < -0.3 is 11.1 Å². The summed E-state index contributed by atoms with van der Waals surface area (Å²) in [5.74, 6) is -0.00671. The van der Waals surface area contributed by atoms with E-state index >= 15 is 0 Å². The number of carbonyl (C=O) groups excluding carboxylic acids is 1. The zero-order valence-corrected chi connectivity index (χ0v) is 6.00. The minimum Gasteiger partial charge on any atom is -0.383 e. The molecular weight excluding hydrogens is 142 g/mol. The Balaban J connectivity index is 2.61. The molecule has 0 unspecified atom stereocenters. The molecule has 0 saturated heterocycles. The van der Waals surface area contributed by atoms with Crippen molar-refractivity contribution in [3.05, 3.63) is 11.8 Å². The zero-order chi connectivity index (χ0) is 8.27. The maximum atomic E-state index is 11.0. The summed E-state index contributed by atoms with van der Waals surface area (Å²) < 4.78 is 0. The molecule has 0 fully saturated rings. The molecule has 58 valence electrons. The minimum atomic E-state index is -0.428. The van der Waals surface area contributed by atoms with Gasteiger partial charge in [-0.05, 0) is 0 Å². The summed E-state index contributed by atoms with van der Waals surface area (Å²) >= 11 is 0. The number of hydrogen-bond donors (Lipinski definition) is 2. The van der Waals surface area contributed by atoms with Crippen LogP contribution in [0, 0.1) is 11.3 Å². The second kappa shape index (κ2) is 3.17. The predicted octanol–water partition coefficient (Wildman–Crippen LogP) is -0.716. The SMILES string of the molecule is N#CC[C@@H](N)C1=CNCC1=O. The monoisotopic (exact) mass is 151 g/mol. The standard InChI is InChI=1S/C7H9N3O/c8-2-1-6(9)5-3-10-4-7(5)11/h3,6,10H,1,4,9H2/t6-/m1/s1. The summed E-state index contributed by atoms with van der Waals surface area (Å²) in [5.41, 5.74) is 6.06. The number of nitriles is 1. The number of nitrogens with two attached hydrogens (primary N) is 1. The number of rotatable bonds is 2. The maximum absolute atomic E-state index is 11.0. The van der Waals surface area contributed by atoms with Crippen LogP contribution in [0.5, 0.6) is 0 Å². The van der Waals surface area contributed by atoms with Crippen molar-refractivity contribution in [2.45, 2.75) is 12.5 Å². The number of Topliss-reactive ketones (excluding diaryl/α,β-unsaturated/α-hetero) is 1. The average Bonchev–Trinajstić information content (AvgIpc) is 2.36. The molecule has 0 radical (unpaired) electrons. The first-order chi connectivity index (χ1) is 5.25. The van der Waals surface area contributed by atoms with Gasteiger partial charge >= 0.3 is 0 Å². The Morgan fingerprint density at radius 3 is 3.09 bits per heavy atom. The first-order valence-electron chi connectivity index (χ1n) is 3.35. The van der Waals surface area contributed by atoms with Gasteiger partial charge in [0.25, 0.3) is 0 Å². The van der Waals surface area contributed by atoms with E-state index in [2.05, 4.69) is 5.32 Å². The van der Waals surface area contributed by atoms with Crippen molar-refractivity contribution in [1.29, 1.82) is 5.26 Å². The molecule has 0 aromatic heterocycles. The fourth-order valence-electron chi connectivity index (χ4n) is 0.958. The van der Waals surface area contributed by atoms with Gasteiger partial charge in [-0.1, -0.05) is 0 Å². The molecule has 4 heteroatoms. The molecule has 0 bridgehead atoms. The van der Waals surface area contributed by atoms with Crippen LogP contribution < -0.4 is 11.1 Å². The topological polar surface area (TPSA) is 78.9 Å². The number of carbonyl (C=O) groups is 1. The Labute approximate surface area is 64.7 Å².